The summed E-state index contributed by atoms with van der Waals surface area (Å²) in [6, 6.07) is 7.79. The van der Waals surface area contributed by atoms with E-state index < -0.39 is 0 Å². The molecule has 0 aromatic heterocycles. The molecule has 0 amide bonds. The van der Waals surface area contributed by atoms with Crippen LogP contribution in [-0.4, -0.2) is 17.0 Å². The van der Waals surface area contributed by atoms with Crippen LogP contribution in [0.3, 0.4) is 0 Å². The maximum Gasteiger partial charge on any atom is 0.165 e. The predicted octanol–water partition coefficient (Wildman–Crippen LogP) is 6.23. The van der Waals surface area contributed by atoms with Crippen molar-refractivity contribution in [2.45, 2.75) is 64.9 Å². The zero-order valence-corrected chi connectivity index (χ0v) is 18.2. The van der Waals surface area contributed by atoms with Crippen LogP contribution < -0.4 is 0 Å². The van der Waals surface area contributed by atoms with E-state index in [4.69, 9.17) is 11.6 Å². The van der Waals surface area contributed by atoms with Gasteiger partial charge >= 0.3 is 0 Å². The van der Waals surface area contributed by atoms with Crippen LogP contribution in [0, 0.1) is 28.6 Å². The number of hydrogen-bond donors (Lipinski definition) is 1. The molecular formula is C26H31ClO2. The lowest BCUT2D eigenvalue weighted by molar-refractivity contribution is -0.130. The van der Waals surface area contributed by atoms with E-state index in [1.807, 2.05) is 24.3 Å². The molecule has 4 aliphatic rings. The van der Waals surface area contributed by atoms with Crippen LogP contribution in [0.15, 0.2) is 41.5 Å². The Hall–Kier alpha value is -1.38. The van der Waals surface area contributed by atoms with Gasteiger partial charge in [-0.05, 0) is 97.5 Å². The number of carbonyl (C=O) groups is 1. The number of aliphatic hydroxyl groups excluding tert-OH is 1. The Morgan fingerprint density at radius 1 is 1.03 bits per heavy atom. The van der Waals surface area contributed by atoms with Crippen molar-refractivity contribution in [1.82, 2.24) is 0 Å². The zero-order valence-electron chi connectivity index (χ0n) is 17.5. The third-order valence-electron chi connectivity index (χ3n) is 8.93. The van der Waals surface area contributed by atoms with Gasteiger partial charge in [0.15, 0.2) is 5.78 Å². The van der Waals surface area contributed by atoms with E-state index in [0.29, 0.717) is 23.5 Å². The fourth-order valence-electron chi connectivity index (χ4n) is 7.20. The minimum Gasteiger partial charge on any atom is -0.393 e. The molecule has 0 spiro atoms. The van der Waals surface area contributed by atoms with Gasteiger partial charge in [-0.1, -0.05) is 49.2 Å². The number of rotatable bonds is 1. The van der Waals surface area contributed by atoms with Gasteiger partial charge in [0, 0.05) is 10.4 Å². The number of fused-ring (bicyclic) bond motifs is 5. The highest BCUT2D eigenvalue weighted by molar-refractivity contribution is 6.30. The first-order valence-electron chi connectivity index (χ1n) is 11.2. The van der Waals surface area contributed by atoms with E-state index in [2.05, 4.69) is 26.0 Å². The number of Topliss-reactive ketones (excluding diaryl/α,β-unsaturated/α-hetero) is 1. The van der Waals surface area contributed by atoms with Crippen molar-refractivity contribution in [3.63, 3.8) is 0 Å². The highest BCUT2D eigenvalue weighted by Crippen LogP contribution is 2.64. The predicted molar refractivity (Wildman–Crippen MR) is 118 cm³/mol. The fraction of sp³-hybridized carbons (Fsp3) is 0.577. The molecule has 4 aliphatic carbocycles. The molecule has 154 valence electrons. The first kappa shape index (κ1) is 19.6. The lowest BCUT2D eigenvalue weighted by Crippen LogP contribution is -2.50. The van der Waals surface area contributed by atoms with Crippen molar-refractivity contribution in [3.8, 4) is 0 Å². The zero-order chi connectivity index (χ0) is 20.4. The summed E-state index contributed by atoms with van der Waals surface area (Å²) in [6.45, 7) is 4.66. The molecule has 0 aliphatic heterocycles. The number of allylic oxidation sites excluding steroid dienone is 2. The quantitative estimate of drug-likeness (QED) is 0.440. The van der Waals surface area contributed by atoms with Gasteiger partial charge in [0.2, 0.25) is 0 Å². The molecule has 4 unspecified atom stereocenters. The van der Waals surface area contributed by atoms with Crippen LogP contribution in [0.25, 0.3) is 6.08 Å². The molecule has 0 saturated heterocycles. The van der Waals surface area contributed by atoms with Gasteiger partial charge < -0.3 is 5.11 Å². The summed E-state index contributed by atoms with van der Waals surface area (Å²) < 4.78 is 0. The first-order chi connectivity index (χ1) is 13.8. The van der Waals surface area contributed by atoms with Crippen LogP contribution in [0.4, 0.5) is 0 Å². The van der Waals surface area contributed by atoms with E-state index in [-0.39, 0.29) is 16.9 Å². The highest BCUT2D eigenvalue weighted by atomic mass is 35.5. The van der Waals surface area contributed by atoms with Gasteiger partial charge in [-0.2, -0.15) is 0 Å². The lowest BCUT2D eigenvalue weighted by atomic mass is 9.48. The third-order valence-corrected chi connectivity index (χ3v) is 9.18. The molecule has 1 aromatic carbocycles. The summed E-state index contributed by atoms with van der Waals surface area (Å²) in [5.41, 5.74) is 3.56. The summed E-state index contributed by atoms with van der Waals surface area (Å²) in [7, 11) is 0. The molecule has 2 nitrogen and oxygen atoms in total. The highest BCUT2D eigenvalue weighted by Gasteiger charge is 2.59. The average Bonchev–Trinajstić information content (AvgIpc) is 2.95. The second-order valence-corrected chi connectivity index (χ2v) is 10.8. The minimum absolute atomic E-state index is 0.165. The van der Waals surface area contributed by atoms with Crippen LogP contribution in [-0.2, 0) is 4.79 Å². The molecule has 29 heavy (non-hydrogen) atoms. The van der Waals surface area contributed by atoms with Crippen molar-refractivity contribution in [2.24, 2.45) is 28.6 Å². The monoisotopic (exact) mass is 410 g/mol. The molecule has 6 atom stereocenters. The first-order valence-corrected chi connectivity index (χ1v) is 11.6. The van der Waals surface area contributed by atoms with E-state index in [9.17, 15) is 9.90 Å². The number of aliphatic hydroxyl groups is 1. The van der Waals surface area contributed by atoms with Crippen molar-refractivity contribution < 1.29 is 9.90 Å². The summed E-state index contributed by atoms with van der Waals surface area (Å²) in [4.78, 5) is 13.5. The molecule has 0 bridgehead atoms. The summed E-state index contributed by atoms with van der Waals surface area (Å²) in [6.07, 6.45) is 11.3. The Labute approximate surface area is 179 Å². The maximum atomic E-state index is 13.5. The third kappa shape index (κ3) is 2.98. The molecule has 0 heterocycles. The normalized spacial score (nSPS) is 42.8. The Morgan fingerprint density at radius 2 is 1.76 bits per heavy atom. The Bertz CT molecular complexity index is 898. The number of carbonyl (C=O) groups excluding carboxylic acids is 1. The number of benzene rings is 1. The maximum absolute atomic E-state index is 13.5. The van der Waals surface area contributed by atoms with Crippen molar-refractivity contribution in [3.05, 3.63) is 52.1 Å². The summed E-state index contributed by atoms with van der Waals surface area (Å²) in [5.74, 6) is 2.04. The second-order valence-electron chi connectivity index (χ2n) is 10.4. The Balaban J connectivity index is 1.47. The largest absolute Gasteiger partial charge is 0.393 e. The minimum atomic E-state index is -0.213. The smallest absolute Gasteiger partial charge is 0.165 e. The van der Waals surface area contributed by atoms with Gasteiger partial charge in [0.25, 0.3) is 0 Å². The topological polar surface area (TPSA) is 37.3 Å². The Kier molecular flexibility index (Phi) is 4.60. The van der Waals surface area contributed by atoms with Gasteiger partial charge in [0.1, 0.15) is 0 Å². The molecule has 5 rings (SSSR count). The van der Waals surface area contributed by atoms with Crippen molar-refractivity contribution in [2.75, 3.05) is 0 Å². The molecule has 3 fully saturated rings. The lowest BCUT2D eigenvalue weighted by Gasteiger charge is -2.56. The van der Waals surface area contributed by atoms with Crippen LogP contribution in [0.5, 0.6) is 0 Å². The van der Waals surface area contributed by atoms with Gasteiger partial charge in [-0.25, -0.2) is 0 Å². The fourth-order valence-corrected chi connectivity index (χ4v) is 7.33. The molecule has 1 aromatic rings. The van der Waals surface area contributed by atoms with E-state index in [0.717, 1.165) is 61.1 Å². The summed E-state index contributed by atoms with van der Waals surface area (Å²) in [5, 5.41) is 10.9. The number of hydrogen-bond acceptors (Lipinski definition) is 2. The average molecular weight is 411 g/mol. The van der Waals surface area contributed by atoms with Crippen LogP contribution in [0.1, 0.15) is 64.4 Å². The molecule has 3 heteroatoms. The number of ketones is 1. The molecular weight excluding hydrogens is 380 g/mol. The Morgan fingerprint density at radius 3 is 2.52 bits per heavy atom. The van der Waals surface area contributed by atoms with Gasteiger partial charge in [0.05, 0.1) is 6.10 Å². The van der Waals surface area contributed by atoms with Crippen LogP contribution in [0.2, 0.25) is 5.02 Å². The van der Waals surface area contributed by atoms with Crippen molar-refractivity contribution in [1.29, 1.82) is 0 Å². The van der Waals surface area contributed by atoms with E-state index in [1.165, 1.54) is 5.57 Å². The van der Waals surface area contributed by atoms with Crippen molar-refractivity contribution >= 4 is 23.5 Å². The van der Waals surface area contributed by atoms with Crippen LogP contribution >= 0.6 is 11.6 Å². The SMILES string of the molecule is C[C@]12CCC(O)CC1=CCC1C2CC[C@]2(C)C(=O)C(=Cc3ccc(Cl)cc3)CC12. The molecule has 1 N–H and O–H groups in total. The standard InChI is InChI=1S/C26H31ClO2/c1-25-11-9-20(28)15-18(25)5-8-21-22(25)10-12-26(2)23(21)14-17(24(26)29)13-16-3-6-19(27)7-4-16/h3-7,13,20-23,28H,8-12,14-15H2,1-2H3/t20?,21?,22?,23?,25-,26-/m0/s1. The second kappa shape index (κ2) is 6.82. The van der Waals surface area contributed by atoms with Gasteiger partial charge in [-0.3, -0.25) is 4.79 Å². The molecule has 0 radical (unpaired) electrons. The van der Waals surface area contributed by atoms with E-state index in [1.54, 1.807) is 0 Å². The number of halogens is 1. The van der Waals surface area contributed by atoms with E-state index >= 15 is 0 Å². The molecule has 3 saturated carbocycles. The van der Waals surface area contributed by atoms with Gasteiger partial charge in [-0.15, -0.1) is 0 Å². The summed E-state index contributed by atoms with van der Waals surface area (Å²) >= 11 is 6.02.